The highest BCUT2D eigenvalue weighted by atomic mass is 16.6. The number of methoxy groups -OCH3 is 1. The monoisotopic (exact) mass is 346 g/mol. The van der Waals surface area contributed by atoms with Gasteiger partial charge < -0.3 is 14.2 Å². The van der Waals surface area contributed by atoms with Crippen molar-refractivity contribution in [3.8, 4) is 11.5 Å². The summed E-state index contributed by atoms with van der Waals surface area (Å²) in [5, 5.41) is 13.2. The van der Waals surface area contributed by atoms with Gasteiger partial charge in [0, 0.05) is 12.1 Å². The van der Waals surface area contributed by atoms with Crippen molar-refractivity contribution in [1.29, 1.82) is 0 Å². The number of rotatable bonds is 7. The van der Waals surface area contributed by atoms with Crippen LogP contribution in [0.1, 0.15) is 5.56 Å². The van der Waals surface area contributed by atoms with Crippen LogP contribution >= 0.6 is 0 Å². The zero-order chi connectivity index (χ0) is 18.2. The first-order chi connectivity index (χ1) is 12.0. The van der Waals surface area contributed by atoms with Crippen LogP contribution in [0.5, 0.6) is 11.5 Å². The lowest BCUT2D eigenvalue weighted by atomic mass is 10.2. The first-order valence-electron chi connectivity index (χ1n) is 7.45. The summed E-state index contributed by atoms with van der Waals surface area (Å²) in [5.41, 5.74) is 1.47. The number of carbonyl (C=O) groups is 1. The summed E-state index contributed by atoms with van der Waals surface area (Å²) in [6.07, 6.45) is -0.629. The summed E-state index contributed by atoms with van der Waals surface area (Å²) in [6, 6.07) is 11.0. The number of ether oxygens (including phenoxy) is 3. The zero-order valence-electron chi connectivity index (χ0n) is 13.9. The van der Waals surface area contributed by atoms with E-state index < -0.39 is 11.0 Å². The Morgan fingerprint density at radius 1 is 1.16 bits per heavy atom. The molecule has 132 valence electrons. The van der Waals surface area contributed by atoms with Gasteiger partial charge in [-0.1, -0.05) is 6.07 Å². The standard InChI is InChI=1S/C17H18N2O6/c1-12-3-8-16(23-2)15(11-12)18-17(20)25-10-9-24-14-6-4-13(5-7-14)19(21)22/h3-8,11H,9-10H2,1-2H3,(H,18,20). The molecule has 0 saturated heterocycles. The predicted octanol–water partition coefficient (Wildman–Crippen LogP) is 3.54. The Morgan fingerprint density at radius 2 is 1.88 bits per heavy atom. The lowest BCUT2D eigenvalue weighted by Crippen LogP contribution is -2.18. The summed E-state index contributed by atoms with van der Waals surface area (Å²) in [7, 11) is 1.51. The molecule has 1 amide bonds. The molecule has 0 bridgehead atoms. The molecule has 2 aromatic rings. The largest absolute Gasteiger partial charge is 0.495 e. The number of carbonyl (C=O) groups excluding carboxylic acids is 1. The van der Waals surface area contributed by atoms with Crippen LogP contribution in [0.15, 0.2) is 42.5 Å². The summed E-state index contributed by atoms with van der Waals surface area (Å²) in [5.74, 6) is 0.986. The fourth-order valence-corrected chi connectivity index (χ4v) is 2.02. The van der Waals surface area contributed by atoms with E-state index in [1.165, 1.54) is 31.4 Å². The van der Waals surface area contributed by atoms with Crippen LogP contribution in [-0.4, -0.2) is 31.3 Å². The van der Waals surface area contributed by atoms with E-state index in [9.17, 15) is 14.9 Å². The molecule has 0 heterocycles. The van der Waals surface area contributed by atoms with Crippen molar-refractivity contribution in [2.75, 3.05) is 25.6 Å². The van der Waals surface area contributed by atoms with Gasteiger partial charge in [0.25, 0.3) is 5.69 Å². The van der Waals surface area contributed by atoms with Crippen molar-refractivity contribution < 1.29 is 23.9 Å². The van der Waals surface area contributed by atoms with Crippen molar-refractivity contribution in [3.63, 3.8) is 0 Å². The summed E-state index contributed by atoms with van der Waals surface area (Å²) >= 11 is 0. The SMILES string of the molecule is COc1ccc(C)cc1NC(=O)OCCOc1ccc([N+](=O)[O-])cc1. The molecule has 0 spiro atoms. The minimum Gasteiger partial charge on any atom is -0.495 e. The fourth-order valence-electron chi connectivity index (χ4n) is 2.02. The number of nitrogens with one attached hydrogen (secondary N) is 1. The Labute approximate surface area is 144 Å². The van der Waals surface area contributed by atoms with E-state index in [-0.39, 0.29) is 18.9 Å². The number of nitro groups is 1. The van der Waals surface area contributed by atoms with E-state index in [1.807, 2.05) is 13.0 Å². The van der Waals surface area contributed by atoms with Gasteiger partial charge in [-0.3, -0.25) is 15.4 Å². The van der Waals surface area contributed by atoms with Crippen LogP contribution in [0, 0.1) is 17.0 Å². The fraction of sp³-hybridized carbons (Fsp3) is 0.235. The Bertz CT molecular complexity index is 745. The van der Waals surface area contributed by atoms with Crippen molar-refractivity contribution in [3.05, 3.63) is 58.1 Å². The molecule has 0 saturated carbocycles. The predicted molar refractivity (Wildman–Crippen MR) is 91.3 cm³/mol. The van der Waals surface area contributed by atoms with Gasteiger partial charge in [-0.2, -0.15) is 0 Å². The molecule has 8 heteroatoms. The second kappa shape index (κ2) is 8.53. The van der Waals surface area contributed by atoms with Gasteiger partial charge >= 0.3 is 6.09 Å². The quantitative estimate of drug-likeness (QED) is 0.467. The molecule has 0 aromatic heterocycles. The van der Waals surface area contributed by atoms with E-state index >= 15 is 0 Å². The maximum atomic E-state index is 11.8. The van der Waals surface area contributed by atoms with Crippen LogP contribution in [-0.2, 0) is 4.74 Å². The van der Waals surface area contributed by atoms with Crippen LogP contribution < -0.4 is 14.8 Å². The minimum atomic E-state index is -0.629. The zero-order valence-corrected chi connectivity index (χ0v) is 13.9. The van der Waals surface area contributed by atoms with Crippen molar-refractivity contribution in [2.24, 2.45) is 0 Å². The molecule has 0 radical (unpaired) electrons. The van der Waals surface area contributed by atoms with Gasteiger partial charge in [-0.15, -0.1) is 0 Å². The molecule has 1 N–H and O–H groups in total. The van der Waals surface area contributed by atoms with E-state index in [0.29, 0.717) is 17.2 Å². The van der Waals surface area contributed by atoms with Gasteiger partial charge in [0.05, 0.1) is 17.7 Å². The number of benzene rings is 2. The molecule has 0 aliphatic heterocycles. The molecule has 25 heavy (non-hydrogen) atoms. The number of aryl methyl sites for hydroxylation is 1. The van der Waals surface area contributed by atoms with E-state index in [1.54, 1.807) is 12.1 Å². The Balaban J connectivity index is 1.77. The summed E-state index contributed by atoms with van der Waals surface area (Å²) in [4.78, 5) is 21.9. The highest BCUT2D eigenvalue weighted by Crippen LogP contribution is 2.25. The second-order valence-corrected chi connectivity index (χ2v) is 5.06. The molecule has 0 fully saturated rings. The molecule has 0 aliphatic rings. The molecule has 0 unspecified atom stereocenters. The molecular formula is C17H18N2O6. The molecule has 8 nitrogen and oxygen atoms in total. The number of nitrogens with zero attached hydrogens (tertiary/aromatic N) is 1. The normalized spacial score (nSPS) is 10.0. The Kier molecular flexibility index (Phi) is 6.16. The number of anilines is 1. The third-order valence-corrected chi connectivity index (χ3v) is 3.22. The van der Waals surface area contributed by atoms with Crippen molar-refractivity contribution in [2.45, 2.75) is 6.92 Å². The first kappa shape index (κ1) is 18.1. The van der Waals surface area contributed by atoms with Gasteiger partial charge in [-0.25, -0.2) is 4.79 Å². The molecular weight excluding hydrogens is 328 g/mol. The van der Waals surface area contributed by atoms with Crippen LogP contribution in [0.3, 0.4) is 0 Å². The Morgan fingerprint density at radius 3 is 2.52 bits per heavy atom. The van der Waals surface area contributed by atoms with E-state index in [4.69, 9.17) is 14.2 Å². The Hall–Kier alpha value is -3.29. The summed E-state index contributed by atoms with van der Waals surface area (Å²) in [6.45, 7) is 2.04. The lowest BCUT2D eigenvalue weighted by molar-refractivity contribution is -0.384. The maximum Gasteiger partial charge on any atom is 0.411 e. The minimum absolute atomic E-state index is 0.0184. The smallest absolute Gasteiger partial charge is 0.411 e. The van der Waals surface area contributed by atoms with Gasteiger partial charge in [0.15, 0.2) is 0 Å². The molecule has 0 atom stereocenters. The van der Waals surface area contributed by atoms with Crippen LogP contribution in [0.2, 0.25) is 0 Å². The topological polar surface area (TPSA) is 99.9 Å². The second-order valence-electron chi connectivity index (χ2n) is 5.06. The van der Waals surface area contributed by atoms with Gasteiger partial charge in [0.1, 0.15) is 24.7 Å². The lowest BCUT2D eigenvalue weighted by Gasteiger charge is -2.11. The summed E-state index contributed by atoms with van der Waals surface area (Å²) < 4.78 is 15.6. The third kappa shape index (κ3) is 5.38. The average molecular weight is 346 g/mol. The average Bonchev–Trinajstić information content (AvgIpc) is 2.59. The van der Waals surface area contributed by atoms with E-state index in [2.05, 4.69) is 5.32 Å². The number of non-ortho nitro benzene ring substituents is 1. The number of hydrogen-bond acceptors (Lipinski definition) is 6. The van der Waals surface area contributed by atoms with Crippen molar-refractivity contribution in [1.82, 2.24) is 0 Å². The van der Waals surface area contributed by atoms with Crippen molar-refractivity contribution >= 4 is 17.5 Å². The highest BCUT2D eigenvalue weighted by Gasteiger charge is 2.09. The molecule has 2 aromatic carbocycles. The number of hydrogen-bond donors (Lipinski definition) is 1. The maximum absolute atomic E-state index is 11.8. The van der Waals surface area contributed by atoms with Crippen LogP contribution in [0.4, 0.5) is 16.2 Å². The molecule has 0 aliphatic carbocycles. The van der Waals surface area contributed by atoms with Gasteiger partial charge in [0.2, 0.25) is 0 Å². The van der Waals surface area contributed by atoms with Crippen LogP contribution in [0.25, 0.3) is 0 Å². The number of nitro benzene ring substituents is 1. The number of amides is 1. The van der Waals surface area contributed by atoms with E-state index in [0.717, 1.165) is 5.56 Å². The van der Waals surface area contributed by atoms with Gasteiger partial charge in [-0.05, 0) is 36.8 Å². The highest BCUT2D eigenvalue weighted by molar-refractivity contribution is 5.86. The third-order valence-electron chi connectivity index (χ3n) is 3.22. The first-order valence-corrected chi connectivity index (χ1v) is 7.45. The molecule has 2 rings (SSSR count).